The second-order valence-electron chi connectivity index (χ2n) is 7.11. The molecule has 1 aromatic heterocycles. The molecule has 0 unspecified atom stereocenters. The van der Waals surface area contributed by atoms with Crippen LogP contribution in [-0.4, -0.2) is 26.5 Å². The molecule has 0 fully saturated rings. The average Bonchev–Trinajstić information content (AvgIpc) is 2.64. The van der Waals surface area contributed by atoms with Crippen LogP contribution in [0.2, 0.25) is 0 Å². The lowest BCUT2D eigenvalue weighted by molar-refractivity contribution is 0.397. The van der Waals surface area contributed by atoms with E-state index in [-0.39, 0.29) is 5.56 Å². The molecule has 2 aromatic carbocycles. The van der Waals surface area contributed by atoms with Crippen LogP contribution in [0.5, 0.6) is 0 Å². The number of aromatic amines is 1. The maximum Gasteiger partial charge on any atom is 0.258 e. The first-order valence-electron chi connectivity index (χ1n) is 9.58. The van der Waals surface area contributed by atoms with Crippen LogP contribution < -0.4 is 10.9 Å². The second kappa shape index (κ2) is 8.97. The third kappa shape index (κ3) is 4.95. The Labute approximate surface area is 170 Å². The summed E-state index contributed by atoms with van der Waals surface area (Å²) in [5.41, 5.74) is 3.93. The minimum absolute atomic E-state index is 0.121. The van der Waals surface area contributed by atoms with E-state index in [0.29, 0.717) is 28.4 Å². The summed E-state index contributed by atoms with van der Waals surface area (Å²) in [7, 11) is 0. The van der Waals surface area contributed by atoms with Crippen molar-refractivity contribution in [3.63, 3.8) is 0 Å². The number of hydrogen-bond donors (Lipinski definition) is 2. The lowest BCUT2D eigenvalue weighted by atomic mass is 10.1. The van der Waals surface area contributed by atoms with E-state index in [4.69, 9.17) is 12.2 Å². The number of aromatic nitrogens is 2. The van der Waals surface area contributed by atoms with Gasteiger partial charge in [0, 0.05) is 12.2 Å². The predicted octanol–water partition coefficient (Wildman–Crippen LogP) is 4.54. The molecular weight excluding hydrogens is 368 g/mol. The molecule has 0 saturated carbocycles. The average molecular weight is 395 g/mol. The molecule has 0 aliphatic rings. The SMILES string of the molecule is CCCCN(Cc1nc2ccccc2c(=O)[nH]1)C(=S)Nc1cc(C)cc(C)c1. The first kappa shape index (κ1) is 20.0. The number of para-hydroxylation sites is 1. The first-order valence-corrected chi connectivity index (χ1v) is 9.99. The number of unbranched alkanes of at least 4 members (excludes halogenated alkanes) is 1. The molecule has 28 heavy (non-hydrogen) atoms. The highest BCUT2D eigenvalue weighted by molar-refractivity contribution is 7.80. The zero-order valence-corrected chi connectivity index (χ0v) is 17.4. The molecule has 0 aliphatic carbocycles. The molecule has 0 spiro atoms. The number of aryl methyl sites for hydroxylation is 2. The Hall–Kier alpha value is -2.73. The summed E-state index contributed by atoms with van der Waals surface area (Å²) in [6.45, 7) is 7.54. The third-order valence-electron chi connectivity index (χ3n) is 4.54. The number of hydrogen-bond acceptors (Lipinski definition) is 3. The van der Waals surface area contributed by atoms with Crippen LogP contribution >= 0.6 is 12.2 Å². The molecule has 0 saturated heterocycles. The molecule has 3 rings (SSSR count). The summed E-state index contributed by atoms with van der Waals surface area (Å²) < 4.78 is 0. The van der Waals surface area contributed by atoms with Crippen LogP contribution in [-0.2, 0) is 6.54 Å². The largest absolute Gasteiger partial charge is 0.342 e. The van der Waals surface area contributed by atoms with Crippen molar-refractivity contribution >= 4 is 33.9 Å². The van der Waals surface area contributed by atoms with Gasteiger partial charge >= 0.3 is 0 Å². The maximum atomic E-state index is 12.4. The van der Waals surface area contributed by atoms with Gasteiger partial charge < -0.3 is 15.2 Å². The van der Waals surface area contributed by atoms with Crippen LogP contribution in [0.1, 0.15) is 36.7 Å². The summed E-state index contributed by atoms with van der Waals surface area (Å²) in [4.78, 5) is 21.9. The zero-order valence-electron chi connectivity index (χ0n) is 16.6. The molecule has 146 valence electrons. The summed E-state index contributed by atoms with van der Waals surface area (Å²) in [5, 5.41) is 4.58. The standard InChI is InChI=1S/C22H26N4OS/c1-4-5-10-26(22(28)23-17-12-15(2)11-16(3)13-17)14-20-24-19-9-7-6-8-18(19)21(27)25-20/h6-9,11-13H,4-5,10,14H2,1-3H3,(H,23,28)(H,24,25,27). The summed E-state index contributed by atoms with van der Waals surface area (Å²) in [6, 6.07) is 13.7. The van der Waals surface area contributed by atoms with E-state index in [9.17, 15) is 4.79 Å². The van der Waals surface area contributed by atoms with E-state index in [1.807, 2.05) is 18.2 Å². The van der Waals surface area contributed by atoms with E-state index in [0.717, 1.165) is 25.1 Å². The molecule has 0 aliphatic heterocycles. The molecule has 6 heteroatoms. The molecule has 0 amide bonds. The highest BCUT2D eigenvalue weighted by atomic mass is 32.1. The van der Waals surface area contributed by atoms with Gasteiger partial charge in [0.15, 0.2) is 5.11 Å². The van der Waals surface area contributed by atoms with Crippen LogP contribution in [0.25, 0.3) is 10.9 Å². The Morgan fingerprint density at radius 3 is 2.61 bits per heavy atom. The highest BCUT2D eigenvalue weighted by Crippen LogP contribution is 2.15. The van der Waals surface area contributed by atoms with Gasteiger partial charge in [-0.15, -0.1) is 0 Å². The van der Waals surface area contributed by atoms with Crippen molar-refractivity contribution in [2.45, 2.75) is 40.2 Å². The van der Waals surface area contributed by atoms with Gasteiger partial charge in [-0.3, -0.25) is 4.79 Å². The van der Waals surface area contributed by atoms with Crippen LogP contribution in [0, 0.1) is 13.8 Å². The summed E-state index contributed by atoms with van der Waals surface area (Å²) in [6.07, 6.45) is 2.07. The molecule has 1 heterocycles. The number of nitrogens with one attached hydrogen (secondary N) is 2. The molecule has 3 aromatic rings. The number of benzene rings is 2. The van der Waals surface area contributed by atoms with Gasteiger partial charge in [-0.05, 0) is 67.9 Å². The lowest BCUT2D eigenvalue weighted by Crippen LogP contribution is -2.36. The quantitative estimate of drug-likeness (QED) is 0.601. The van der Waals surface area contributed by atoms with Crippen molar-refractivity contribution in [2.24, 2.45) is 0 Å². The molecule has 0 radical (unpaired) electrons. The number of fused-ring (bicyclic) bond motifs is 1. The fourth-order valence-corrected chi connectivity index (χ4v) is 3.51. The van der Waals surface area contributed by atoms with E-state index in [2.05, 4.69) is 59.2 Å². The monoisotopic (exact) mass is 394 g/mol. The fraction of sp³-hybridized carbons (Fsp3) is 0.318. The van der Waals surface area contributed by atoms with E-state index >= 15 is 0 Å². The molecule has 0 atom stereocenters. The Balaban J connectivity index is 1.83. The van der Waals surface area contributed by atoms with Gasteiger partial charge in [-0.2, -0.15) is 0 Å². The van der Waals surface area contributed by atoms with Crippen LogP contribution in [0.3, 0.4) is 0 Å². The Morgan fingerprint density at radius 2 is 1.89 bits per heavy atom. The predicted molar refractivity (Wildman–Crippen MR) is 120 cm³/mol. The van der Waals surface area contributed by atoms with Gasteiger partial charge in [0.05, 0.1) is 17.4 Å². The van der Waals surface area contributed by atoms with Gasteiger partial charge in [-0.1, -0.05) is 31.5 Å². The van der Waals surface area contributed by atoms with Crippen LogP contribution in [0.4, 0.5) is 5.69 Å². The topological polar surface area (TPSA) is 61.0 Å². The smallest absolute Gasteiger partial charge is 0.258 e. The Bertz CT molecular complexity index is 1020. The molecule has 5 nitrogen and oxygen atoms in total. The van der Waals surface area contributed by atoms with Crippen molar-refractivity contribution in [3.05, 3.63) is 69.8 Å². The molecule has 2 N–H and O–H groups in total. The van der Waals surface area contributed by atoms with Crippen molar-refractivity contribution in [2.75, 3.05) is 11.9 Å². The zero-order chi connectivity index (χ0) is 20.1. The van der Waals surface area contributed by atoms with E-state index in [1.54, 1.807) is 6.07 Å². The number of thiocarbonyl (C=S) groups is 1. The Morgan fingerprint density at radius 1 is 1.18 bits per heavy atom. The Kier molecular flexibility index (Phi) is 6.41. The minimum atomic E-state index is -0.121. The normalized spacial score (nSPS) is 10.8. The van der Waals surface area contributed by atoms with Gasteiger partial charge in [0.2, 0.25) is 0 Å². The number of rotatable bonds is 6. The number of anilines is 1. The lowest BCUT2D eigenvalue weighted by Gasteiger charge is -2.25. The number of nitrogens with zero attached hydrogens (tertiary/aromatic N) is 2. The highest BCUT2D eigenvalue weighted by Gasteiger charge is 2.13. The summed E-state index contributed by atoms with van der Waals surface area (Å²) >= 11 is 5.68. The van der Waals surface area contributed by atoms with E-state index in [1.165, 1.54) is 11.1 Å². The van der Waals surface area contributed by atoms with Crippen molar-refractivity contribution in [1.29, 1.82) is 0 Å². The van der Waals surface area contributed by atoms with E-state index < -0.39 is 0 Å². The number of H-pyrrole nitrogens is 1. The van der Waals surface area contributed by atoms with Crippen LogP contribution in [0.15, 0.2) is 47.3 Å². The van der Waals surface area contributed by atoms with Gasteiger partial charge in [0.1, 0.15) is 5.82 Å². The van der Waals surface area contributed by atoms with Crippen molar-refractivity contribution in [3.8, 4) is 0 Å². The third-order valence-corrected chi connectivity index (χ3v) is 4.90. The van der Waals surface area contributed by atoms with Crippen molar-refractivity contribution in [1.82, 2.24) is 14.9 Å². The van der Waals surface area contributed by atoms with Gasteiger partial charge in [-0.25, -0.2) is 4.98 Å². The fourth-order valence-electron chi connectivity index (χ4n) is 3.24. The second-order valence-corrected chi connectivity index (χ2v) is 7.50. The maximum absolute atomic E-state index is 12.4. The van der Waals surface area contributed by atoms with Gasteiger partial charge in [0.25, 0.3) is 5.56 Å². The molecule has 0 bridgehead atoms. The minimum Gasteiger partial charge on any atom is -0.342 e. The first-order chi connectivity index (χ1) is 13.5. The molecular formula is C22H26N4OS. The summed E-state index contributed by atoms with van der Waals surface area (Å²) in [5.74, 6) is 0.615. The van der Waals surface area contributed by atoms with Crippen molar-refractivity contribution < 1.29 is 0 Å².